The number of nitrogens with zero attached hydrogens (tertiary/aromatic N) is 4. The van der Waals surface area contributed by atoms with Crippen LogP contribution < -0.4 is 0 Å². The highest BCUT2D eigenvalue weighted by atomic mass is 79.9. The summed E-state index contributed by atoms with van der Waals surface area (Å²) in [5.41, 5.74) is 5.66. The van der Waals surface area contributed by atoms with Gasteiger partial charge in [-0.05, 0) is 32.3 Å². The maximum atomic E-state index is 4.92. The van der Waals surface area contributed by atoms with Crippen LogP contribution in [0.2, 0.25) is 0 Å². The molecule has 3 aromatic rings. The number of rotatable bonds is 4. The monoisotopic (exact) mass is 408 g/mol. The van der Waals surface area contributed by atoms with Crippen molar-refractivity contribution >= 4 is 21.6 Å². The molecule has 0 unspecified atom stereocenters. The molecule has 5 heteroatoms. The minimum absolute atomic E-state index is 0.582. The van der Waals surface area contributed by atoms with Crippen LogP contribution in [0, 0.1) is 0 Å². The number of hydrogen-bond acceptors (Lipinski definition) is 3. The van der Waals surface area contributed by atoms with Crippen LogP contribution in [0.5, 0.6) is 0 Å². The predicted molar refractivity (Wildman–Crippen MR) is 109 cm³/mol. The molecule has 0 saturated carbocycles. The number of fused-ring (bicyclic) bond motifs is 3. The Labute approximate surface area is 162 Å². The highest BCUT2D eigenvalue weighted by Gasteiger charge is 2.21. The second-order valence-corrected chi connectivity index (χ2v) is 7.66. The van der Waals surface area contributed by atoms with E-state index < -0.39 is 0 Å². The molecule has 1 aromatic heterocycles. The van der Waals surface area contributed by atoms with E-state index in [4.69, 9.17) is 4.99 Å². The van der Waals surface area contributed by atoms with Gasteiger partial charge in [0.25, 0.3) is 0 Å². The summed E-state index contributed by atoms with van der Waals surface area (Å²) in [6, 6.07) is 16.8. The molecule has 0 atom stereocenters. The summed E-state index contributed by atoms with van der Waals surface area (Å²) >= 11 is 3.64. The van der Waals surface area contributed by atoms with E-state index >= 15 is 0 Å². The SMILES string of the molecule is CN(C)CCc1cnc2n1-c1cc(Br)ccc1C(c1ccccc1)=NC2. The molecule has 2 heterocycles. The number of benzene rings is 2. The topological polar surface area (TPSA) is 33.4 Å². The summed E-state index contributed by atoms with van der Waals surface area (Å²) < 4.78 is 3.34. The van der Waals surface area contributed by atoms with Gasteiger partial charge in [0.1, 0.15) is 5.82 Å². The van der Waals surface area contributed by atoms with Gasteiger partial charge in [0.05, 0.1) is 17.9 Å². The van der Waals surface area contributed by atoms with Crippen molar-refractivity contribution < 1.29 is 0 Å². The van der Waals surface area contributed by atoms with Crippen LogP contribution >= 0.6 is 15.9 Å². The van der Waals surface area contributed by atoms with Gasteiger partial charge in [-0.3, -0.25) is 9.56 Å². The molecule has 0 amide bonds. The minimum atomic E-state index is 0.582. The van der Waals surface area contributed by atoms with Gasteiger partial charge in [-0.25, -0.2) is 4.98 Å². The smallest absolute Gasteiger partial charge is 0.135 e. The molecule has 0 aliphatic carbocycles. The van der Waals surface area contributed by atoms with Gasteiger partial charge in [0.2, 0.25) is 0 Å². The Kier molecular flexibility index (Phi) is 4.74. The second kappa shape index (κ2) is 7.17. The summed E-state index contributed by atoms with van der Waals surface area (Å²) in [5.74, 6) is 0.990. The number of aliphatic imine (C=N–C) groups is 1. The van der Waals surface area contributed by atoms with E-state index in [2.05, 4.69) is 86.9 Å². The average molecular weight is 409 g/mol. The first kappa shape index (κ1) is 17.2. The summed E-state index contributed by atoms with van der Waals surface area (Å²) in [5, 5.41) is 0. The lowest BCUT2D eigenvalue weighted by Crippen LogP contribution is -2.17. The van der Waals surface area contributed by atoms with E-state index in [1.807, 2.05) is 12.3 Å². The van der Waals surface area contributed by atoms with Crippen LogP contribution in [0.25, 0.3) is 5.69 Å². The summed E-state index contributed by atoms with van der Waals surface area (Å²) in [6.45, 7) is 1.57. The second-order valence-electron chi connectivity index (χ2n) is 6.75. The predicted octanol–water partition coefficient (Wildman–Crippen LogP) is 4.09. The van der Waals surface area contributed by atoms with Crippen molar-refractivity contribution in [1.29, 1.82) is 0 Å². The molecule has 4 nitrogen and oxygen atoms in total. The van der Waals surface area contributed by atoms with Crippen molar-refractivity contribution in [2.75, 3.05) is 20.6 Å². The van der Waals surface area contributed by atoms with Gasteiger partial charge in [-0.2, -0.15) is 0 Å². The third-order valence-electron chi connectivity index (χ3n) is 4.60. The maximum Gasteiger partial charge on any atom is 0.135 e. The van der Waals surface area contributed by atoms with Crippen molar-refractivity contribution in [3.05, 3.63) is 81.8 Å². The molecule has 0 fully saturated rings. The van der Waals surface area contributed by atoms with E-state index in [1.54, 1.807) is 0 Å². The molecular formula is C21H21BrN4. The van der Waals surface area contributed by atoms with Crippen LogP contribution in [0.15, 0.2) is 64.2 Å². The Bertz CT molecular complexity index is 957. The zero-order valence-corrected chi connectivity index (χ0v) is 16.6. The van der Waals surface area contributed by atoms with Crippen molar-refractivity contribution in [2.45, 2.75) is 13.0 Å². The molecule has 4 rings (SSSR count). The molecule has 0 N–H and O–H groups in total. The largest absolute Gasteiger partial charge is 0.309 e. The highest BCUT2D eigenvalue weighted by molar-refractivity contribution is 9.10. The number of halogens is 1. The van der Waals surface area contributed by atoms with Crippen molar-refractivity contribution in [2.24, 2.45) is 4.99 Å². The molecule has 0 radical (unpaired) electrons. The molecule has 26 heavy (non-hydrogen) atoms. The summed E-state index contributed by atoms with van der Waals surface area (Å²) in [4.78, 5) is 11.8. The molecule has 2 aromatic carbocycles. The third-order valence-corrected chi connectivity index (χ3v) is 5.10. The van der Waals surface area contributed by atoms with Gasteiger partial charge in [0, 0.05) is 40.5 Å². The fraction of sp³-hybridized carbons (Fsp3) is 0.238. The van der Waals surface area contributed by atoms with Gasteiger partial charge in [-0.1, -0.05) is 46.3 Å². The van der Waals surface area contributed by atoms with Crippen molar-refractivity contribution in [3.63, 3.8) is 0 Å². The van der Waals surface area contributed by atoms with E-state index in [-0.39, 0.29) is 0 Å². The van der Waals surface area contributed by atoms with Gasteiger partial charge < -0.3 is 4.90 Å². The Balaban J connectivity index is 1.87. The Morgan fingerprint density at radius 2 is 1.92 bits per heavy atom. The Hall–Kier alpha value is -2.24. The average Bonchev–Trinajstić information content (AvgIpc) is 2.97. The first-order valence-corrected chi connectivity index (χ1v) is 9.53. The molecule has 0 bridgehead atoms. The van der Waals surface area contributed by atoms with E-state index in [0.717, 1.165) is 45.8 Å². The van der Waals surface area contributed by atoms with E-state index in [0.29, 0.717) is 6.54 Å². The van der Waals surface area contributed by atoms with Crippen LogP contribution in [-0.4, -0.2) is 40.8 Å². The summed E-state index contributed by atoms with van der Waals surface area (Å²) in [6.07, 6.45) is 2.94. The van der Waals surface area contributed by atoms with Crippen LogP contribution in [0.3, 0.4) is 0 Å². The quantitative estimate of drug-likeness (QED) is 0.651. The first-order valence-electron chi connectivity index (χ1n) is 8.74. The van der Waals surface area contributed by atoms with Crippen molar-refractivity contribution in [1.82, 2.24) is 14.5 Å². The number of imidazole rings is 1. The molecular weight excluding hydrogens is 388 g/mol. The number of aromatic nitrogens is 2. The zero-order chi connectivity index (χ0) is 18.1. The highest BCUT2D eigenvalue weighted by Crippen LogP contribution is 2.29. The standard InChI is InChI=1S/C21H21BrN4/c1-25(2)11-10-17-13-23-20-14-24-21(15-6-4-3-5-7-15)18-9-8-16(22)12-19(18)26(17)20/h3-9,12-13H,10-11,14H2,1-2H3. The molecule has 0 saturated heterocycles. The third kappa shape index (κ3) is 3.24. The van der Waals surface area contributed by atoms with Crippen LogP contribution in [-0.2, 0) is 13.0 Å². The zero-order valence-electron chi connectivity index (χ0n) is 15.0. The minimum Gasteiger partial charge on any atom is -0.309 e. The fourth-order valence-corrected chi connectivity index (χ4v) is 3.67. The lowest BCUT2D eigenvalue weighted by molar-refractivity contribution is 0.410. The first-order chi connectivity index (χ1) is 12.6. The summed E-state index contributed by atoms with van der Waals surface area (Å²) in [7, 11) is 4.20. The van der Waals surface area contributed by atoms with E-state index in [9.17, 15) is 0 Å². The molecule has 1 aliphatic heterocycles. The molecule has 132 valence electrons. The lowest BCUT2D eigenvalue weighted by Gasteiger charge is -2.16. The van der Waals surface area contributed by atoms with E-state index in [1.165, 1.54) is 5.69 Å². The number of likely N-dealkylation sites (N-methyl/N-ethyl adjacent to an activating group) is 1. The molecule has 1 aliphatic rings. The molecule has 0 spiro atoms. The maximum absolute atomic E-state index is 4.92. The normalized spacial score (nSPS) is 13.2. The van der Waals surface area contributed by atoms with Crippen LogP contribution in [0.4, 0.5) is 0 Å². The van der Waals surface area contributed by atoms with Gasteiger partial charge >= 0.3 is 0 Å². The fourth-order valence-electron chi connectivity index (χ4n) is 3.32. The van der Waals surface area contributed by atoms with Gasteiger partial charge in [-0.15, -0.1) is 0 Å². The lowest BCUT2D eigenvalue weighted by atomic mass is 10.0. The van der Waals surface area contributed by atoms with Crippen LogP contribution in [0.1, 0.15) is 22.6 Å². The Morgan fingerprint density at radius 3 is 2.69 bits per heavy atom. The van der Waals surface area contributed by atoms with Gasteiger partial charge in [0.15, 0.2) is 0 Å². The van der Waals surface area contributed by atoms with Crippen molar-refractivity contribution in [3.8, 4) is 5.69 Å². The Morgan fingerprint density at radius 1 is 1.12 bits per heavy atom. The number of hydrogen-bond donors (Lipinski definition) is 0.